The maximum Gasteiger partial charge on any atom is 0.0407 e. The van der Waals surface area contributed by atoms with Crippen molar-refractivity contribution in [2.45, 2.75) is 13.3 Å². The molecule has 1 aromatic heterocycles. The number of halogens is 1. The molecule has 11 heavy (non-hydrogen) atoms. The molecule has 0 unspecified atom stereocenters. The molecule has 0 aliphatic heterocycles. The molecule has 0 bridgehead atoms. The third-order valence-corrected chi connectivity index (χ3v) is 1.48. The average molecular weight is 214 g/mol. The van der Waals surface area contributed by atoms with Gasteiger partial charge in [0.25, 0.3) is 0 Å². The molecule has 0 saturated carbocycles. The van der Waals surface area contributed by atoms with Gasteiger partial charge in [0.15, 0.2) is 0 Å². The topological polar surface area (TPSA) is 12.9 Å². The molecule has 0 saturated heterocycles. The summed E-state index contributed by atoms with van der Waals surface area (Å²) in [4.78, 5) is 4.15. The molecule has 0 aliphatic rings. The van der Waals surface area contributed by atoms with Gasteiger partial charge in [-0.2, -0.15) is 0 Å². The van der Waals surface area contributed by atoms with Gasteiger partial charge in [0, 0.05) is 11.9 Å². The fraction of sp³-hybridized carbons (Fsp3) is 0.222. The van der Waals surface area contributed by atoms with Crippen LogP contribution in [0.15, 0.2) is 31.0 Å². The van der Waals surface area contributed by atoms with Crippen LogP contribution in [-0.4, -0.2) is 4.98 Å². The fourth-order valence-corrected chi connectivity index (χ4v) is 0.889. The first-order valence-electron chi connectivity index (χ1n) is 3.36. The van der Waals surface area contributed by atoms with Crippen molar-refractivity contribution in [1.29, 1.82) is 0 Å². The molecule has 0 radical (unpaired) electrons. The monoisotopic (exact) mass is 213 g/mol. The Balaban J connectivity index is 0.000001000. The van der Waals surface area contributed by atoms with Gasteiger partial charge in [-0.15, -0.1) is 23.6 Å². The van der Waals surface area contributed by atoms with Crippen LogP contribution in [0.1, 0.15) is 11.3 Å². The maximum atomic E-state index is 4.15. The molecule has 2 heteroatoms. The second kappa shape index (κ2) is 5.08. The van der Waals surface area contributed by atoms with Crippen LogP contribution in [0.5, 0.6) is 0 Å². The number of nitrogens with zero attached hydrogens (tertiary/aromatic N) is 1. The van der Waals surface area contributed by atoms with Crippen LogP contribution in [0.4, 0.5) is 0 Å². The minimum Gasteiger partial charge on any atom is -0.261 e. The van der Waals surface area contributed by atoms with Crippen LogP contribution in [0, 0.1) is 6.92 Å². The zero-order valence-electron chi connectivity index (χ0n) is 6.58. The molecule has 0 spiro atoms. The number of hydrogen-bond donors (Lipinski definition) is 0. The summed E-state index contributed by atoms with van der Waals surface area (Å²) in [7, 11) is 0. The SMILES string of the molecule is Br.C=CCc1cccnc1C. The summed E-state index contributed by atoms with van der Waals surface area (Å²) < 4.78 is 0. The lowest BCUT2D eigenvalue weighted by Crippen LogP contribution is -1.88. The van der Waals surface area contributed by atoms with Gasteiger partial charge < -0.3 is 0 Å². The van der Waals surface area contributed by atoms with Gasteiger partial charge in [0.1, 0.15) is 0 Å². The normalized spacial score (nSPS) is 8.45. The van der Waals surface area contributed by atoms with Crippen LogP contribution < -0.4 is 0 Å². The highest BCUT2D eigenvalue weighted by Crippen LogP contribution is 2.03. The van der Waals surface area contributed by atoms with Gasteiger partial charge in [0.2, 0.25) is 0 Å². The van der Waals surface area contributed by atoms with Crippen molar-refractivity contribution in [2.24, 2.45) is 0 Å². The van der Waals surface area contributed by atoms with E-state index in [4.69, 9.17) is 0 Å². The number of allylic oxidation sites excluding steroid dienone is 1. The minimum atomic E-state index is 0. The molecule has 1 aromatic rings. The average Bonchev–Trinajstić information content (AvgIpc) is 1.94. The maximum absolute atomic E-state index is 4.15. The van der Waals surface area contributed by atoms with E-state index in [2.05, 4.69) is 17.6 Å². The zero-order chi connectivity index (χ0) is 7.40. The number of hydrogen-bond acceptors (Lipinski definition) is 1. The lowest BCUT2D eigenvalue weighted by atomic mass is 10.1. The summed E-state index contributed by atoms with van der Waals surface area (Å²) in [5.41, 5.74) is 2.36. The van der Waals surface area contributed by atoms with Crippen LogP contribution in [0.2, 0.25) is 0 Å². The molecule has 60 valence electrons. The van der Waals surface area contributed by atoms with E-state index in [0.717, 1.165) is 12.1 Å². The van der Waals surface area contributed by atoms with Crippen LogP contribution in [0.3, 0.4) is 0 Å². The van der Waals surface area contributed by atoms with E-state index in [1.54, 1.807) is 0 Å². The summed E-state index contributed by atoms with van der Waals surface area (Å²) in [6, 6.07) is 4.02. The number of rotatable bonds is 2. The smallest absolute Gasteiger partial charge is 0.0407 e. The van der Waals surface area contributed by atoms with Gasteiger partial charge in [0.05, 0.1) is 0 Å². The van der Waals surface area contributed by atoms with Gasteiger partial charge in [-0.25, -0.2) is 0 Å². The predicted octanol–water partition coefficient (Wildman–Crippen LogP) is 2.70. The highest BCUT2D eigenvalue weighted by atomic mass is 79.9. The second-order valence-electron chi connectivity index (χ2n) is 2.24. The molecule has 1 heterocycles. The van der Waals surface area contributed by atoms with Crippen molar-refractivity contribution in [3.63, 3.8) is 0 Å². The summed E-state index contributed by atoms with van der Waals surface area (Å²) in [6.07, 6.45) is 4.62. The molecule has 1 rings (SSSR count). The van der Waals surface area contributed by atoms with Crippen molar-refractivity contribution < 1.29 is 0 Å². The molecule has 0 aromatic carbocycles. The molecule has 0 aliphatic carbocycles. The van der Waals surface area contributed by atoms with Gasteiger partial charge in [-0.3, -0.25) is 4.98 Å². The first-order valence-corrected chi connectivity index (χ1v) is 3.36. The summed E-state index contributed by atoms with van der Waals surface area (Å²) >= 11 is 0. The zero-order valence-corrected chi connectivity index (χ0v) is 8.29. The Morgan fingerprint density at radius 1 is 1.64 bits per heavy atom. The van der Waals surface area contributed by atoms with Crippen molar-refractivity contribution in [3.05, 3.63) is 42.2 Å². The summed E-state index contributed by atoms with van der Waals surface area (Å²) in [6.45, 7) is 5.68. The van der Waals surface area contributed by atoms with Crippen LogP contribution in [0.25, 0.3) is 0 Å². The largest absolute Gasteiger partial charge is 0.261 e. The van der Waals surface area contributed by atoms with Crippen molar-refractivity contribution in [3.8, 4) is 0 Å². The Kier molecular flexibility index (Phi) is 4.79. The molecule has 0 atom stereocenters. The Labute approximate surface area is 77.9 Å². The van der Waals surface area contributed by atoms with E-state index in [0.29, 0.717) is 0 Å². The highest BCUT2D eigenvalue weighted by molar-refractivity contribution is 8.93. The van der Waals surface area contributed by atoms with Crippen molar-refractivity contribution in [1.82, 2.24) is 4.98 Å². The quantitative estimate of drug-likeness (QED) is 0.689. The molecule has 0 fully saturated rings. The predicted molar refractivity (Wildman–Crippen MR) is 53.2 cm³/mol. The van der Waals surface area contributed by atoms with E-state index in [1.165, 1.54) is 5.56 Å². The van der Waals surface area contributed by atoms with Gasteiger partial charge in [-0.1, -0.05) is 12.1 Å². The van der Waals surface area contributed by atoms with Crippen LogP contribution >= 0.6 is 17.0 Å². The van der Waals surface area contributed by atoms with E-state index >= 15 is 0 Å². The molecular formula is C9H12BrN. The third kappa shape index (κ3) is 2.85. The molecule has 0 amide bonds. The summed E-state index contributed by atoms with van der Waals surface area (Å²) in [5, 5.41) is 0. The van der Waals surface area contributed by atoms with E-state index in [1.807, 2.05) is 25.3 Å². The Bertz CT molecular complexity index is 233. The molecule has 1 nitrogen and oxygen atoms in total. The standard InChI is InChI=1S/C9H11N.BrH/c1-3-5-9-6-4-7-10-8(9)2;/h3-4,6-7H,1,5H2,2H3;1H. The highest BCUT2D eigenvalue weighted by Gasteiger charge is 1.92. The van der Waals surface area contributed by atoms with Crippen molar-refractivity contribution >= 4 is 17.0 Å². The third-order valence-electron chi connectivity index (χ3n) is 1.48. The Hall–Kier alpha value is -0.630. The van der Waals surface area contributed by atoms with E-state index < -0.39 is 0 Å². The molecular weight excluding hydrogens is 202 g/mol. The number of aryl methyl sites for hydroxylation is 1. The van der Waals surface area contributed by atoms with E-state index in [9.17, 15) is 0 Å². The van der Waals surface area contributed by atoms with Crippen LogP contribution in [-0.2, 0) is 6.42 Å². The number of aromatic nitrogens is 1. The lowest BCUT2D eigenvalue weighted by molar-refractivity contribution is 1.10. The van der Waals surface area contributed by atoms with Crippen molar-refractivity contribution in [2.75, 3.05) is 0 Å². The van der Waals surface area contributed by atoms with Gasteiger partial charge in [-0.05, 0) is 25.0 Å². The molecule has 0 N–H and O–H groups in total. The lowest BCUT2D eigenvalue weighted by Gasteiger charge is -1.98. The summed E-state index contributed by atoms with van der Waals surface area (Å²) in [5.74, 6) is 0. The Morgan fingerprint density at radius 2 is 2.36 bits per heavy atom. The minimum absolute atomic E-state index is 0. The van der Waals surface area contributed by atoms with Gasteiger partial charge >= 0.3 is 0 Å². The fourth-order valence-electron chi connectivity index (χ4n) is 0.889. The van der Waals surface area contributed by atoms with E-state index in [-0.39, 0.29) is 17.0 Å². The Morgan fingerprint density at radius 3 is 2.91 bits per heavy atom. The number of pyridine rings is 1. The first-order chi connectivity index (χ1) is 4.84. The first kappa shape index (κ1) is 10.4. The second-order valence-corrected chi connectivity index (χ2v) is 2.24.